The highest BCUT2D eigenvalue weighted by Gasteiger charge is 2.29. The lowest BCUT2D eigenvalue weighted by atomic mass is 9.99. The van der Waals surface area contributed by atoms with Crippen LogP contribution in [0.5, 0.6) is 5.75 Å². The zero-order valence-electron chi connectivity index (χ0n) is 18.5. The first-order valence-electron chi connectivity index (χ1n) is 10.6. The van der Waals surface area contributed by atoms with Gasteiger partial charge in [-0.05, 0) is 60.9 Å². The quantitative estimate of drug-likeness (QED) is 0.378. The van der Waals surface area contributed by atoms with Gasteiger partial charge >= 0.3 is 0 Å². The van der Waals surface area contributed by atoms with Crippen LogP contribution in [0.4, 0.5) is 17.1 Å². The lowest BCUT2D eigenvalue weighted by Crippen LogP contribution is -2.32. The van der Waals surface area contributed by atoms with Gasteiger partial charge in [0.2, 0.25) is 0 Å². The lowest BCUT2D eigenvalue weighted by molar-refractivity contribution is -0.384. The normalized spacial score (nSPS) is 13.3. The van der Waals surface area contributed by atoms with E-state index in [2.05, 4.69) is 0 Å². The summed E-state index contributed by atoms with van der Waals surface area (Å²) < 4.78 is 33.2. The average molecular weight is 468 g/mol. The van der Waals surface area contributed by atoms with Crippen molar-refractivity contribution >= 4 is 27.1 Å². The Balaban J connectivity index is 1.71. The van der Waals surface area contributed by atoms with Gasteiger partial charge in [0.25, 0.3) is 15.7 Å². The van der Waals surface area contributed by atoms with E-state index in [1.165, 1.54) is 22.0 Å². The average Bonchev–Trinajstić information content (AvgIpc) is 2.83. The van der Waals surface area contributed by atoms with Crippen molar-refractivity contribution in [1.29, 1.82) is 0 Å². The first kappa shape index (κ1) is 22.6. The van der Waals surface area contributed by atoms with Gasteiger partial charge in [-0.3, -0.25) is 14.4 Å². The van der Waals surface area contributed by atoms with Crippen LogP contribution in [0, 0.1) is 10.1 Å². The number of fused-ring (bicyclic) bond motifs is 1. The molecule has 1 aliphatic heterocycles. The van der Waals surface area contributed by atoms with E-state index in [-0.39, 0.29) is 17.1 Å². The Morgan fingerprint density at radius 3 is 2.48 bits per heavy atom. The molecule has 4 rings (SSSR count). The SMILES string of the molecule is CCN(c1ccccc1)S(=O)(=O)c1ccc(N2CCc3ccc(OC)cc3C2)c([N+](=O)[O-])c1. The molecule has 3 aromatic carbocycles. The van der Waals surface area contributed by atoms with Gasteiger partial charge in [-0.2, -0.15) is 0 Å². The lowest BCUT2D eigenvalue weighted by Gasteiger charge is -2.31. The standard InChI is InChI=1S/C24H25N3O5S/c1-3-26(20-7-5-4-6-8-20)33(30,31)22-11-12-23(24(16-22)27(28)29)25-14-13-18-9-10-21(32-2)15-19(18)17-25/h4-12,15-16H,3,13-14,17H2,1-2H3. The largest absolute Gasteiger partial charge is 0.497 e. The van der Waals surface area contributed by atoms with E-state index >= 15 is 0 Å². The highest BCUT2D eigenvalue weighted by atomic mass is 32.2. The molecule has 3 aromatic rings. The van der Waals surface area contributed by atoms with Gasteiger partial charge in [-0.15, -0.1) is 0 Å². The van der Waals surface area contributed by atoms with Crippen LogP contribution in [-0.4, -0.2) is 33.5 Å². The zero-order valence-corrected chi connectivity index (χ0v) is 19.3. The second-order valence-electron chi connectivity index (χ2n) is 7.72. The van der Waals surface area contributed by atoms with E-state index in [4.69, 9.17) is 4.74 Å². The fourth-order valence-corrected chi connectivity index (χ4v) is 5.65. The van der Waals surface area contributed by atoms with Crippen LogP contribution in [0.25, 0.3) is 0 Å². The molecular weight excluding hydrogens is 442 g/mol. The molecule has 0 aliphatic carbocycles. The molecule has 0 aromatic heterocycles. The number of ether oxygens (including phenoxy) is 1. The van der Waals surface area contributed by atoms with E-state index < -0.39 is 14.9 Å². The van der Waals surface area contributed by atoms with Crippen LogP contribution in [-0.2, 0) is 23.0 Å². The Labute approximate surface area is 193 Å². The summed E-state index contributed by atoms with van der Waals surface area (Å²) in [6.45, 7) is 3.00. The summed E-state index contributed by atoms with van der Waals surface area (Å²) in [5.41, 5.74) is 2.89. The van der Waals surface area contributed by atoms with Gasteiger partial charge in [0, 0.05) is 25.7 Å². The molecule has 172 valence electrons. The topological polar surface area (TPSA) is 93.0 Å². The first-order chi connectivity index (χ1) is 15.8. The summed E-state index contributed by atoms with van der Waals surface area (Å²) in [4.78, 5) is 13.2. The van der Waals surface area contributed by atoms with E-state index in [9.17, 15) is 18.5 Å². The van der Waals surface area contributed by atoms with E-state index in [0.717, 1.165) is 23.8 Å². The Kier molecular flexibility index (Phi) is 6.24. The minimum Gasteiger partial charge on any atom is -0.497 e. The maximum absolute atomic E-state index is 13.3. The number of hydrogen-bond donors (Lipinski definition) is 0. The molecule has 33 heavy (non-hydrogen) atoms. The number of rotatable bonds is 7. The molecule has 0 spiro atoms. The molecule has 0 radical (unpaired) electrons. The zero-order chi connectivity index (χ0) is 23.6. The maximum Gasteiger partial charge on any atom is 0.293 e. The van der Waals surface area contributed by atoms with Crippen molar-refractivity contribution in [3.8, 4) is 5.75 Å². The monoisotopic (exact) mass is 467 g/mol. The van der Waals surface area contributed by atoms with Crippen LogP contribution < -0.4 is 13.9 Å². The molecule has 9 heteroatoms. The van der Waals surface area contributed by atoms with Gasteiger partial charge in [-0.1, -0.05) is 24.3 Å². The molecule has 0 N–H and O–H groups in total. The van der Waals surface area contributed by atoms with E-state index in [0.29, 0.717) is 24.5 Å². The number of nitro groups is 1. The number of para-hydroxylation sites is 1. The summed E-state index contributed by atoms with van der Waals surface area (Å²) in [6.07, 6.45) is 0.730. The minimum atomic E-state index is -3.97. The Morgan fingerprint density at radius 2 is 1.82 bits per heavy atom. The molecule has 0 amide bonds. The molecule has 0 bridgehead atoms. The van der Waals surface area contributed by atoms with Crippen molar-refractivity contribution in [2.24, 2.45) is 0 Å². The van der Waals surface area contributed by atoms with Crippen molar-refractivity contribution in [2.75, 3.05) is 29.4 Å². The van der Waals surface area contributed by atoms with Crippen molar-refractivity contribution in [3.63, 3.8) is 0 Å². The smallest absolute Gasteiger partial charge is 0.293 e. The second-order valence-corrected chi connectivity index (χ2v) is 9.58. The van der Waals surface area contributed by atoms with Crippen LogP contribution in [0.1, 0.15) is 18.1 Å². The van der Waals surface area contributed by atoms with Gasteiger partial charge in [0.15, 0.2) is 0 Å². The van der Waals surface area contributed by atoms with Crippen molar-refractivity contribution in [1.82, 2.24) is 0 Å². The molecule has 0 saturated heterocycles. The fraction of sp³-hybridized carbons (Fsp3) is 0.250. The maximum atomic E-state index is 13.3. The number of nitro benzene ring substituents is 1. The van der Waals surface area contributed by atoms with Crippen molar-refractivity contribution in [2.45, 2.75) is 24.8 Å². The third-order valence-electron chi connectivity index (χ3n) is 5.83. The number of benzene rings is 3. The van der Waals surface area contributed by atoms with E-state index in [1.54, 1.807) is 44.4 Å². The third-order valence-corrected chi connectivity index (χ3v) is 7.73. The predicted molar refractivity (Wildman–Crippen MR) is 127 cm³/mol. The first-order valence-corrected chi connectivity index (χ1v) is 12.1. The van der Waals surface area contributed by atoms with Crippen LogP contribution in [0.15, 0.2) is 71.6 Å². The van der Waals surface area contributed by atoms with Gasteiger partial charge in [0.05, 0.1) is 22.6 Å². The molecule has 0 fully saturated rings. The molecule has 1 aliphatic rings. The summed E-state index contributed by atoms with van der Waals surface area (Å²) in [5.74, 6) is 0.729. The van der Waals surface area contributed by atoms with Gasteiger partial charge < -0.3 is 9.64 Å². The number of anilines is 2. The second kappa shape index (κ2) is 9.11. The molecule has 0 saturated carbocycles. The van der Waals surface area contributed by atoms with Gasteiger partial charge in [-0.25, -0.2) is 8.42 Å². The molecule has 0 unspecified atom stereocenters. The van der Waals surface area contributed by atoms with Crippen LogP contribution in [0.3, 0.4) is 0 Å². The number of methoxy groups -OCH3 is 1. The van der Waals surface area contributed by atoms with Crippen LogP contribution >= 0.6 is 0 Å². The molecule has 1 heterocycles. The molecular formula is C24H25N3O5S. The summed E-state index contributed by atoms with van der Waals surface area (Å²) in [5, 5.41) is 11.9. The van der Waals surface area contributed by atoms with E-state index in [1.807, 2.05) is 23.1 Å². The van der Waals surface area contributed by atoms with Crippen LogP contribution in [0.2, 0.25) is 0 Å². The Hall–Kier alpha value is -3.59. The fourth-order valence-electron chi connectivity index (χ4n) is 4.16. The predicted octanol–water partition coefficient (Wildman–Crippen LogP) is 4.38. The van der Waals surface area contributed by atoms with Crippen molar-refractivity contribution < 1.29 is 18.1 Å². The number of sulfonamides is 1. The van der Waals surface area contributed by atoms with Gasteiger partial charge in [0.1, 0.15) is 11.4 Å². The third kappa shape index (κ3) is 4.36. The van der Waals surface area contributed by atoms with Crippen molar-refractivity contribution in [3.05, 3.63) is 88.0 Å². The molecule has 0 atom stereocenters. The summed E-state index contributed by atoms with van der Waals surface area (Å²) in [7, 11) is -2.37. The summed E-state index contributed by atoms with van der Waals surface area (Å²) >= 11 is 0. The Bertz CT molecular complexity index is 1280. The highest BCUT2D eigenvalue weighted by Crippen LogP contribution is 2.36. The molecule has 8 nitrogen and oxygen atoms in total. The minimum absolute atomic E-state index is 0.109. The Morgan fingerprint density at radius 1 is 1.06 bits per heavy atom. The number of hydrogen-bond acceptors (Lipinski definition) is 6. The highest BCUT2D eigenvalue weighted by molar-refractivity contribution is 7.92. The number of nitrogens with zero attached hydrogens (tertiary/aromatic N) is 3. The summed E-state index contributed by atoms with van der Waals surface area (Å²) in [6, 6.07) is 18.7.